The maximum atomic E-state index is 12.8. The van der Waals surface area contributed by atoms with Gasteiger partial charge in [0.05, 0.1) is 17.3 Å². The molecule has 4 N–H and O–H groups in total. The van der Waals surface area contributed by atoms with E-state index in [1.54, 1.807) is 12.1 Å². The Morgan fingerprint density at radius 3 is 2.54 bits per heavy atom. The molecule has 2 saturated heterocycles. The molecular weight excluding hydrogens is 376 g/mol. The van der Waals surface area contributed by atoms with Gasteiger partial charge >= 0.3 is 0 Å². The summed E-state index contributed by atoms with van der Waals surface area (Å²) in [6.07, 6.45) is 9.33. The van der Waals surface area contributed by atoms with Crippen molar-refractivity contribution in [3.63, 3.8) is 0 Å². The highest BCUT2D eigenvalue weighted by Crippen LogP contribution is 2.34. The summed E-state index contributed by atoms with van der Waals surface area (Å²) in [6, 6.07) is 5.81. The summed E-state index contributed by atoms with van der Waals surface area (Å²) >= 11 is 0. The number of nitrogens with two attached hydrogens (primary N) is 1. The second-order valence-electron chi connectivity index (χ2n) is 8.24. The van der Waals surface area contributed by atoms with Gasteiger partial charge in [-0.3, -0.25) is 9.59 Å². The largest absolute Gasteiger partial charge is 0.371 e. The maximum Gasteiger partial charge on any atom is 0.250 e. The molecule has 1 aromatic rings. The van der Waals surface area contributed by atoms with Crippen molar-refractivity contribution >= 4 is 35.6 Å². The van der Waals surface area contributed by atoms with Gasteiger partial charge in [-0.1, -0.05) is 12.8 Å². The summed E-state index contributed by atoms with van der Waals surface area (Å²) in [4.78, 5) is 26.8. The van der Waals surface area contributed by atoms with Crippen LogP contribution in [0.15, 0.2) is 18.2 Å². The predicted octanol–water partition coefficient (Wildman–Crippen LogP) is 3.06. The summed E-state index contributed by atoms with van der Waals surface area (Å²) in [5.74, 6) is 0.242. The van der Waals surface area contributed by atoms with Crippen molar-refractivity contribution in [1.82, 2.24) is 5.32 Å². The fourth-order valence-electron chi connectivity index (χ4n) is 4.96. The van der Waals surface area contributed by atoms with Gasteiger partial charge in [0, 0.05) is 24.8 Å². The molecular formula is C21H31ClN4O2. The molecule has 154 valence electrons. The minimum absolute atomic E-state index is 0. The fraction of sp³-hybridized carbons (Fsp3) is 0.619. The van der Waals surface area contributed by atoms with Gasteiger partial charge in [0.15, 0.2) is 0 Å². The lowest BCUT2D eigenvalue weighted by Gasteiger charge is -2.30. The van der Waals surface area contributed by atoms with Crippen LogP contribution in [0, 0.1) is 5.92 Å². The minimum Gasteiger partial charge on any atom is -0.371 e. The number of carbonyl (C=O) groups is 2. The number of hydrogen-bond acceptors (Lipinski definition) is 4. The molecule has 3 aliphatic rings. The Labute approximate surface area is 173 Å². The van der Waals surface area contributed by atoms with Crippen molar-refractivity contribution in [2.45, 2.75) is 63.5 Å². The van der Waals surface area contributed by atoms with E-state index in [0.29, 0.717) is 17.5 Å². The molecule has 4 rings (SSSR count). The summed E-state index contributed by atoms with van der Waals surface area (Å²) in [5, 5.41) is 6.58. The standard InChI is InChI=1S/C21H30N4O2.ClH/c22-20(26)16-9-8-15(13-19(16)25-10-4-1-5-11-25)23-21(27)18-12-14-6-2-3-7-17(14)24-18;/h8-9,13-14,17-18,24H,1-7,10-12H2,(H2,22,26)(H,23,27);1H. The minimum atomic E-state index is -0.421. The van der Waals surface area contributed by atoms with Crippen molar-refractivity contribution < 1.29 is 9.59 Å². The third-order valence-corrected chi connectivity index (χ3v) is 6.41. The summed E-state index contributed by atoms with van der Waals surface area (Å²) in [6.45, 7) is 1.84. The summed E-state index contributed by atoms with van der Waals surface area (Å²) in [7, 11) is 0. The van der Waals surface area contributed by atoms with Gasteiger partial charge in [0.1, 0.15) is 0 Å². The number of piperidine rings is 1. The van der Waals surface area contributed by atoms with E-state index < -0.39 is 5.91 Å². The highest BCUT2D eigenvalue weighted by Gasteiger charge is 2.38. The SMILES string of the molecule is Cl.NC(=O)c1ccc(NC(=O)C2CC3CCCCC3N2)cc1N1CCCCC1. The number of benzene rings is 1. The van der Waals surface area contributed by atoms with Gasteiger partial charge in [-0.2, -0.15) is 0 Å². The lowest BCUT2D eigenvalue weighted by atomic mass is 9.85. The van der Waals surface area contributed by atoms with Crippen LogP contribution in [0.25, 0.3) is 0 Å². The molecule has 0 aromatic heterocycles. The molecule has 6 nitrogen and oxygen atoms in total. The molecule has 3 fully saturated rings. The van der Waals surface area contributed by atoms with Crippen LogP contribution < -0.4 is 21.3 Å². The Bertz CT molecular complexity index is 706. The van der Waals surface area contributed by atoms with E-state index in [9.17, 15) is 9.59 Å². The van der Waals surface area contributed by atoms with Crippen molar-refractivity contribution in [2.75, 3.05) is 23.3 Å². The Kier molecular flexibility index (Phi) is 6.83. The zero-order chi connectivity index (χ0) is 18.8. The van der Waals surface area contributed by atoms with E-state index in [-0.39, 0.29) is 24.4 Å². The third-order valence-electron chi connectivity index (χ3n) is 6.41. The normalized spacial score (nSPS) is 26.9. The van der Waals surface area contributed by atoms with Crippen molar-refractivity contribution in [2.24, 2.45) is 11.7 Å². The molecule has 0 radical (unpaired) electrons. The zero-order valence-electron chi connectivity index (χ0n) is 16.3. The first-order chi connectivity index (χ1) is 13.1. The molecule has 3 unspecified atom stereocenters. The molecule has 2 amide bonds. The number of amides is 2. The van der Waals surface area contributed by atoms with Crippen LogP contribution >= 0.6 is 12.4 Å². The first-order valence-corrected chi connectivity index (χ1v) is 10.4. The number of nitrogens with one attached hydrogen (secondary N) is 2. The van der Waals surface area contributed by atoms with Gasteiger partial charge in [-0.05, 0) is 62.6 Å². The van der Waals surface area contributed by atoms with E-state index >= 15 is 0 Å². The fourth-order valence-corrected chi connectivity index (χ4v) is 4.96. The first-order valence-electron chi connectivity index (χ1n) is 10.4. The summed E-state index contributed by atoms with van der Waals surface area (Å²) < 4.78 is 0. The topological polar surface area (TPSA) is 87.5 Å². The molecule has 1 saturated carbocycles. The number of halogens is 1. The van der Waals surface area contributed by atoms with E-state index in [1.165, 1.54) is 32.1 Å². The molecule has 28 heavy (non-hydrogen) atoms. The third kappa shape index (κ3) is 4.44. The van der Waals surface area contributed by atoms with Gasteiger partial charge in [-0.25, -0.2) is 0 Å². The number of nitrogens with zero attached hydrogens (tertiary/aromatic N) is 1. The average Bonchev–Trinajstić information content (AvgIpc) is 3.13. The molecule has 3 atom stereocenters. The lowest BCUT2D eigenvalue weighted by molar-refractivity contribution is -0.117. The number of carbonyl (C=O) groups excluding carboxylic acids is 2. The first kappa shape index (κ1) is 20.9. The highest BCUT2D eigenvalue weighted by atomic mass is 35.5. The van der Waals surface area contributed by atoms with Crippen LogP contribution in [0.5, 0.6) is 0 Å². The molecule has 7 heteroatoms. The van der Waals surface area contributed by atoms with E-state index in [1.807, 2.05) is 6.07 Å². The Hall–Kier alpha value is -1.79. The van der Waals surface area contributed by atoms with E-state index in [0.717, 1.165) is 43.7 Å². The highest BCUT2D eigenvalue weighted by molar-refractivity contribution is 6.01. The van der Waals surface area contributed by atoms with Crippen molar-refractivity contribution in [1.29, 1.82) is 0 Å². The van der Waals surface area contributed by atoms with Crippen LogP contribution in [0.1, 0.15) is 61.7 Å². The number of anilines is 2. The Morgan fingerprint density at radius 1 is 1.07 bits per heavy atom. The van der Waals surface area contributed by atoms with E-state index in [2.05, 4.69) is 15.5 Å². The molecule has 2 heterocycles. The Balaban J connectivity index is 0.00000225. The maximum absolute atomic E-state index is 12.8. The van der Waals surface area contributed by atoms with Gasteiger partial charge in [-0.15, -0.1) is 12.4 Å². The van der Waals surface area contributed by atoms with Crippen LogP contribution in [-0.2, 0) is 4.79 Å². The Morgan fingerprint density at radius 2 is 1.82 bits per heavy atom. The van der Waals surface area contributed by atoms with Crippen molar-refractivity contribution in [3.05, 3.63) is 23.8 Å². The van der Waals surface area contributed by atoms with Crippen LogP contribution in [0.3, 0.4) is 0 Å². The van der Waals surface area contributed by atoms with Crippen LogP contribution in [-0.4, -0.2) is 37.0 Å². The number of primary amides is 1. The quantitative estimate of drug-likeness (QED) is 0.717. The van der Waals surface area contributed by atoms with Gasteiger partial charge in [0.25, 0.3) is 5.91 Å². The predicted molar refractivity (Wildman–Crippen MR) is 114 cm³/mol. The van der Waals surface area contributed by atoms with E-state index in [4.69, 9.17) is 5.73 Å². The zero-order valence-corrected chi connectivity index (χ0v) is 17.1. The molecule has 1 aliphatic carbocycles. The van der Waals surface area contributed by atoms with Crippen LogP contribution in [0.4, 0.5) is 11.4 Å². The van der Waals surface area contributed by atoms with Crippen LogP contribution in [0.2, 0.25) is 0 Å². The molecule has 0 bridgehead atoms. The lowest BCUT2D eigenvalue weighted by Crippen LogP contribution is -2.40. The van der Waals surface area contributed by atoms with Gasteiger partial charge < -0.3 is 21.3 Å². The monoisotopic (exact) mass is 406 g/mol. The van der Waals surface area contributed by atoms with Gasteiger partial charge in [0.2, 0.25) is 5.91 Å². The number of fused-ring (bicyclic) bond motifs is 1. The number of rotatable bonds is 4. The number of hydrogen-bond donors (Lipinski definition) is 3. The molecule has 0 spiro atoms. The average molecular weight is 407 g/mol. The summed E-state index contributed by atoms with van der Waals surface area (Å²) in [5.41, 5.74) is 7.68. The van der Waals surface area contributed by atoms with Crippen molar-refractivity contribution in [3.8, 4) is 0 Å². The molecule has 2 aliphatic heterocycles. The smallest absolute Gasteiger partial charge is 0.250 e. The molecule has 1 aromatic carbocycles. The second-order valence-corrected chi connectivity index (χ2v) is 8.24. The second kappa shape index (κ2) is 9.14.